The van der Waals surface area contributed by atoms with Gasteiger partial charge >= 0.3 is 0 Å². The number of hydrogen-bond donors (Lipinski definition) is 2. The Hall–Kier alpha value is -2.02. The van der Waals surface area contributed by atoms with E-state index < -0.39 is 6.10 Å². The molecule has 0 aromatic heterocycles. The summed E-state index contributed by atoms with van der Waals surface area (Å²) in [5.74, 6) is 0. The third-order valence-electron chi connectivity index (χ3n) is 2.75. The average Bonchev–Trinajstić information content (AvgIpc) is 2.45. The molecule has 4 heteroatoms. The standard InChI is InChI=1S/C15H13ClN2O/c16-13-2-1-3-14(8-13)18-10-15(19)12-6-4-11(9-17)5-7-12/h1-8,15,18-19H,10H2. The first kappa shape index (κ1) is 13.4. The van der Waals surface area contributed by atoms with Crippen molar-refractivity contribution in [3.05, 3.63) is 64.7 Å². The molecule has 2 N–H and O–H groups in total. The van der Waals surface area contributed by atoms with Gasteiger partial charge in [-0.3, -0.25) is 0 Å². The number of hydrogen-bond acceptors (Lipinski definition) is 3. The second kappa shape index (κ2) is 6.24. The van der Waals surface area contributed by atoms with Gasteiger partial charge in [0.2, 0.25) is 0 Å². The molecular formula is C15H13ClN2O. The molecule has 0 saturated carbocycles. The summed E-state index contributed by atoms with van der Waals surface area (Å²) in [5, 5.41) is 22.5. The van der Waals surface area contributed by atoms with Gasteiger partial charge in [0.05, 0.1) is 17.7 Å². The number of rotatable bonds is 4. The molecule has 19 heavy (non-hydrogen) atoms. The summed E-state index contributed by atoms with van der Waals surface area (Å²) < 4.78 is 0. The Bertz CT molecular complexity index is 590. The van der Waals surface area contributed by atoms with Crippen molar-refractivity contribution < 1.29 is 5.11 Å². The number of aliphatic hydroxyl groups excluding tert-OH is 1. The van der Waals surface area contributed by atoms with Crippen molar-refractivity contribution in [2.45, 2.75) is 6.10 Å². The van der Waals surface area contributed by atoms with Gasteiger partial charge in [-0.25, -0.2) is 0 Å². The molecule has 96 valence electrons. The van der Waals surface area contributed by atoms with Crippen molar-refractivity contribution in [3.63, 3.8) is 0 Å². The molecule has 1 atom stereocenters. The van der Waals surface area contributed by atoms with Crippen LogP contribution in [0, 0.1) is 11.3 Å². The van der Waals surface area contributed by atoms with Crippen LogP contribution in [-0.4, -0.2) is 11.7 Å². The van der Waals surface area contributed by atoms with Gasteiger partial charge in [0, 0.05) is 17.3 Å². The lowest BCUT2D eigenvalue weighted by atomic mass is 10.1. The lowest BCUT2D eigenvalue weighted by Gasteiger charge is -2.13. The number of nitrogens with zero attached hydrogens (tertiary/aromatic N) is 1. The van der Waals surface area contributed by atoms with Crippen LogP contribution >= 0.6 is 11.6 Å². The molecule has 0 amide bonds. The number of nitriles is 1. The van der Waals surface area contributed by atoms with Gasteiger partial charge in [0.15, 0.2) is 0 Å². The Balaban J connectivity index is 1.97. The van der Waals surface area contributed by atoms with Crippen molar-refractivity contribution in [1.29, 1.82) is 5.26 Å². The van der Waals surface area contributed by atoms with Crippen molar-refractivity contribution in [3.8, 4) is 6.07 Å². The summed E-state index contributed by atoms with van der Waals surface area (Å²) in [5.41, 5.74) is 2.22. The fraction of sp³-hybridized carbons (Fsp3) is 0.133. The highest BCUT2D eigenvalue weighted by Gasteiger charge is 2.07. The smallest absolute Gasteiger partial charge is 0.0991 e. The van der Waals surface area contributed by atoms with Gasteiger partial charge in [0.1, 0.15) is 0 Å². The fourth-order valence-electron chi connectivity index (χ4n) is 1.71. The summed E-state index contributed by atoms with van der Waals surface area (Å²) in [6.45, 7) is 0.381. The van der Waals surface area contributed by atoms with E-state index >= 15 is 0 Å². The Morgan fingerprint density at radius 1 is 1.21 bits per heavy atom. The zero-order valence-corrected chi connectivity index (χ0v) is 10.9. The number of benzene rings is 2. The number of nitrogens with one attached hydrogen (secondary N) is 1. The highest BCUT2D eigenvalue weighted by Crippen LogP contribution is 2.18. The summed E-state index contributed by atoms with van der Waals surface area (Å²) >= 11 is 5.88. The van der Waals surface area contributed by atoms with Gasteiger partial charge in [-0.1, -0.05) is 29.8 Å². The predicted molar refractivity (Wildman–Crippen MR) is 76.1 cm³/mol. The SMILES string of the molecule is N#Cc1ccc(C(O)CNc2cccc(Cl)c2)cc1. The molecule has 1 unspecified atom stereocenters. The zero-order chi connectivity index (χ0) is 13.7. The summed E-state index contributed by atoms with van der Waals surface area (Å²) in [6, 6.07) is 16.3. The van der Waals surface area contributed by atoms with Gasteiger partial charge in [-0.2, -0.15) is 5.26 Å². The third kappa shape index (κ3) is 3.72. The monoisotopic (exact) mass is 272 g/mol. The van der Waals surface area contributed by atoms with Crippen LogP contribution in [0.25, 0.3) is 0 Å². The molecule has 0 aliphatic heterocycles. The second-order valence-corrected chi connectivity index (χ2v) is 4.58. The van der Waals surface area contributed by atoms with E-state index in [0.717, 1.165) is 11.3 Å². The second-order valence-electron chi connectivity index (χ2n) is 4.14. The summed E-state index contributed by atoms with van der Waals surface area (Å²) in [7, 11) is 0. The zero-order valence-electron chi connectivity index (χ0n) is 10.2. The van der Waals surface area contributed by atoms with E-state index in [1.54, 1.807) is 36.4 Å². The highest BCUT2D eigenvalue weighted by atomic mass is 35.5. The van der Waals surface area contributed by atoms with Crippen molar-refractivity contribution in [2.24, 2.45) is 0 Å². The molecular weight excluding hydrogens is 260 g/mol. The van der Waals surface area contributed by atoms with Crippen LogP contribution in [0.4, 0.5) is 5.69 Å². The largest absolute Gasteiger partial charge is 0.387 e. The van der Waals surface area contributed by atoms with Crippen LogP contribution in [0.15, 0.2) is 48.5 Å². The normalized spacial score (nSPS) is 11.6. The maximum Gasteiger partial charge on any atom is 0.0991 e. The number of halogens is 1. The first-order chi connectivity index (χ1) is 9.19. The van der Waals surface area contributed by atoms with Gasteiger partial charge in [0.25, 0.3) is 0 Å². The van der Waals surface area contributed by atoms with Crippen LogP contribution in [0.5, 0.6) is 0 Å². The highest BCUT2D eigenvalue weighted by molar-refractivity contribution is 6.30. The topological polar surface area (TPSA) is 56.0 Å². The minimum atomic E-state index is -0.633. The lowest BCUT2D eigenvalue weighted by Crippen LogP contribution is -2.12. The summed E-state index contributed by atoms with van der Waals surface area (Å²) in [6.07, 6.45) is -0.633. The first-order valence-corrected chi connectivity index (χ1v) is 6.24. The Labute approximate surface area is 117 Å². The van der Waals surface area contributed by atoms with Gasteiger partial charge in [-0.05, 0) is 35.9 Å². The van der Waals surface area contributed by atoms with Crippen molar-refractivity contribution >= 4 is 17.3 Å². The molecule has 2 rings (SSSR count). The number of aliphatic hydroxyl groups is 1. The average molecular weight is 273 g/mol. The van der Waals surface area contributed by atoms with Crippen LogP contribution < -0.4 is 5.32 Å². The van der Waals surface area contributed by atoms with Crippen molar-refractivity contribution in [2.75, 3.05) is 11.9 Å². The number of anilines is 1. The molecule has 0 fully saturated rings. The van der Waals surface area contributed by atoms with E-state index in [1.165, 1.54) is 0 Å². The van der Waals surface area contributed by atoms with Gasteiger partial charge < -0.3 is 10.4 Å². The third-order valence-corrected chi connectivity index (χ3v) is 2.98. The molecule has 0 bridgehead atoms. The molecule has 2 aromatic carbocycles. The predicted octanol–water partition coefficient (Wildman–Crippen LogP) is 3.36. The molecule has 0 heterocycles. The minimum absolute atomic E-state index is 0.381. The molecule has 0 saturated heterocycles. The van der Waals surface area contributed by atoms with Crippen LogP contribution in [0.2, 0.25) is 5.02 Å². The van der Waals surface area contributed by atoms with E-state index in [-0.39, 0.29) is 0 Å². The van der Waals surface area contributed by atoms with Gasteiger partial charge in [-0.15, -0.1) is 0 Å². The molecule has 0 aliphatic rings. The minimum Gasteiger partial charge on any atom is -0.387 e. The van der Waals surface area contributed by atoms with E-state index in [0.29, 0.717) is 17.1 Å². The molecule has 0 spiro atoms. The molecule has 2 aromatic rings. The molecule has 0 radical (unpaired) electrons. The van der Waals surface area contributed by atoms with Crippen LogP contribution in [0.3, 0.4) is 0 Å². The van der Waals surface area contributed by atoms with E-state index in [4.69, 9.17) is 16.9 Å². The summed E-state index contributed by atoms with van der Waals surface area (Å²) in [4.78, 5) is 0. The Morgan fingerprint density at radius 3 is 2.58 bits per heavy atom. The molecule has 3 nitrogen and oxygen atoms in total. The lowest BCUT2D eigenvalue weighted by molar-refractivity contribution is 0.191. The van der Waals surface area contributed by atoms with Crippen LogP contribution in [0.1, 0.15) is 17.2 Å². The molecule has 0 aliphatic carbocycles. The first-order valence-electron chi connectivity index (χ1n) is 5.86. The maximum atomic E-state index is 10.0. The van der Waals surface area contributed by atoms with Crippen LogP contribution in [-0.2, 0) is 0 Å². The van der Waals surface area contributed by atoms with E-state index in [9.17, 15) is 5.11 Å². The fourth-order valence-corrected chi connectivity index (χ4v) is 1.90. The Kier molecular flexibility index (Phi) is 4.40. The maximum absolute atomic E-state index is 10.0. The Morgan fingerprint density at radius 2 is 1.95 bits per heavy atom. The van der Waals surface area contributed by atoms with Crippen molar-refractivity contribution in [1.82, 2.24) is 0 Å². The quantitative estimate of drug-likeness (QED) is 0.897. The van der Waals surface area contributed by atoms with E-state index in [1.807, 2.05) is 18.2 Å². The van der Waals surface area contributed by atoms with E-state index in [2.05, 4.69) is 5.32 Å².